The van der Waals surface area contributed by atoms with Crippen LogP contribution in [0.25, 0.3) is 0 Å². The van der Waals surface area contributed by atoms with Crippen molar-refractivity contribution in [1.29, 1.82) is 0 Å². The molecule has 46 valence electrons. The first-order valence-electron chi connectivity index (χ1n) is 2.05. The fourth-order valence-electron chi connectivity index (χ4n) is 0.220. The van der Waals surface area contributed by atoms with Crippen molar-refractivity contribution in [3.05, 3.63) is 0 Å². The topological polar surface area (TPSA) is 49.3 Å². The Bertz CT molecular complexity index is 97.3. The highest BCUT2D eigenvalue weighted by atomic mass is 32.4. The Balaban J connectivity index is 2.93. The number of hydrogen-bond acceptors (Lipinski definition) is 3. The summed E-state index contributed by atoms with van der Waals surface area (Å²) in [7, 11) is 0.366. The average molecular weight is 152 g/mol. The number of carbonyl (C=O) groups is 1. The summed E-state index contributed by atoms with van der Waals surface area (Å²) >= 11 is 4.58. The van der Waals surface area contributed by atoms with Gasteiger partial charge in [-0.3, -0.25) is 10.1 Å². The maximum atomic E-state index is 9.78. The van der Waals surface area contributed by atoms with Gasteiger partial charge in [0.15, 0.2) is 25.4 Å². The molecule has 0 spiro atoms. The summed E-state index contributed by atoms with van der Waals surface area (Å²) in [5.74, 6) is -0.835. The van der Waals surface area contributed by atoms with Crippen molar-refractivity contribution in [2.75, 3.05) is 12.8 Å². The Morgan fingerprint density at radius 1 is 1.88 bits per heavy atom. The molecule has 3 nitrogen and oxygen atoms in total. The molecule has 0 saturated heterocycles. The number of carboxylic acids is 1. The van der Waals surface area contributed by atoms with E-state index in [1.54, 1.807) is 0 Å². The Kier molecular flexibility index (Phi) is 5.06. The SMILES string of the molecule is O=C(O)CNC[PH+]=S. The molecule has 0 aromatic rings. The fraction of sp³-hybridized carbons (Fsp3) is 0.667. The van der Waals surface area contributed by atoms with Gasteiger partial charge in [-0.25, -0.2) is 0 Å². The molecule has 0 aliphatic rings. The summed E-state index contributed by atoms with van der Waals surface area (Å²) in [4.78, 5) is 9.78. The van der Waals surface area contributed by atoms with E-state index in [9.17, 15) is 4.79 Å². The van der Waals surface area contributed by atoms with Crippen LogP contribution >= 0.6 is 7.36 Å². The van der Waals surface area contributed by atoms with E-state index in [0.29, 0.717) is 13.6 Å². The zero-order valence-electron chi connectivity index (χ0n) is 4.18. The molecule has 1 unspecified atom stereocenters. The smallest absolute Gasteiger partial charge is 0.317 e. The van der Waals surface area contributed by atoms with Gasteiger partial charge in [0.25, 0.3) is 0 Å². The summed E-state index contributed by atoms with van der Waals surface area (Å²) in [5, 5.41) is 10.7. The number of carboxylic acid groups (broad SMARTS) is 1. The van der Waals surface area contributed by atoms with Crippen LogP contribution in [0.15, 0.2) is 0 Å². The van der Waals surface area contributed by atoms with E-state index in [0.717, 1.165) is 0 Å². The second-order valence-electron chi connectivity index (χ2n) is 1.14. The molecule has 1 atom stereocenters. The first-order chi connectivity index (χ1) is 3.77. The second kappa shape index (κ2) is 5.09. The Labute approximate surface area is 53.9 Å². The Morgan fingerprint density at radius 2 is 2.50 bits per heavy atom. The molecule has 0 heterocycles. The van der Waals surface area contributed by atoms with Crippen LogP contribution in [0.3, 0.4) is 0 Å². The Morgan fingerprint density at radius 3 is 2.88 bits per heavy atom. The van der Waals surface area contributed by atoms with Crippen LogP contribution in [0.5, 0.6) is 0 Å². The van der Waals surface area contributed by atoms with Crippen molar-refractivity contribution >= 4 is 25.1 Å². The lowest BCUT2D eigenvalue weighted by Crippen LogP contribution is -2.20. The standard InChI is InChI=1S/C3H6NO2PS/c5-3(6)1-4-2-7-8/h4H,1-2H2,(H,5,6)/p+1. The molecule has 5 heteroatoms. The third kappa shape index (κ3) is 5.95. The lowest BCUT2D eigenvalue weighted by molar-refractivity contribution is -0.135. The van der Waals surface area contributed by atoms with E-state index in [2.05, 4.69) is 17.1 Å². The van der Waals surface area contributed by atoms with Crippen LogP contribution in [0.2, 0.25) is 0 Å². The minimum Gasteiger partial charge on any atom is -0.480 e. The second-order valence-corrected chi connectivity index (χ2v) is 2.65. The van der Waals surface area contributed by atoms with E-state index < -0.39 is 5.97 Å². The number of rotatable bonds is 4. The molecule has 2 N–H and O–H groups in total. The first kappa shape index (κ1) is 7.95. The van der Waals surface area contributed by atoms with E-state index >= 15 is 0 Å². The van der Waals surface area contributed by atoms with Crippen LogP contribution in [0, 0.1) is 0 Å². The van der Waals surface area contributed by atoms with Gasteiger partial charge in [0.05, 0.1) is 6.54 Å². The fourth-order valence-corrected chi connectivity index (χ4v) is 0.754. The summed E-state index contributed by atoms with van der Waals surface area (Å²) < 4.78 is 0. The van der Waals surface area contributed by atoms with Crippen molar-refractivity contribution in [3.63, 3.8) is 0 Å². The minimum atomic E-state index is -0.835. The van der Waals surface area contributed by atoms with Crippen LogP contribution in [-0.2, 0) is 16.6 Å². The molecular formula is C3H7NO2PS+. The molecule has 0 fully saturated rings. The van der Waals surface area contributed by atoms with Crippen LogP contribution in [0.4, 0.5) is 0 Å². The van der Waals surface area contributed by atoms with Gasteiger partial charge in [-0.1, -0.05) is 0 Å². The monoisotopic (exact) mass is 152 g/mol. The molecular weight excluding hydrogens is 145 g/mol. The molecule has 0 aliphatic carbocycles. The van der Waals surface area contributed by atoms with Crippen LogP contribution in [0.1, 0.15) is 0 Å². The number of hydrogen-bond donors (Lipinski definition) is 2. The highest BCUT2D eigenvalue weighted by molar-refractivity contribution is 7.96. The predicted octanol–water partition coefficient (Wildman–Crippen LogP) is -0.241. The number of aliphatic carboxylic acids is 1. The predicted molar refractivity (Wildman–Crippen MR) is 36.2 cm³/mol. The molecule has 0 aromatic heterocycles. The first-order valence-corrected chi connectivity index (χ1v) is 4.39. The quantitative estimate of drug-likeness (QED) is 0.431. The highest BCUT2D eigenvalue weighted by Crippen LogP contribution is 1.82. The molecule has 0 radical (unpaired) electrons. The van der Waals surface area contributed by atoms with E-state index in [4.69, 9.17) is 5.11 Å². The van der Waals surface area contributed by atoms with Gasteiger partial charge >= 0.3 is 5.97 Å². The van der Waals surface area contributed by atoms with Crippen molar-refractivity contribution < 1.29 is 9.90 Å². The van der Waals surface area contributed by atoms with Gasteiger partial charge in [0.1, 0.15) is 0 Å². The number of nitrogens with one attached hydrogen (secondary N) is 1. The van der Waals surface area contributed by atoms with Crippen molar-refractivity contribution in [2.24, 2.45) is 0 Å². The summed E-state index contributed by atoms with van der Waals surface area (Å²) in [6.07, 6.45) is 0.627. The molecule has 0 aliphatic heterocycles. The summed E-state index contributed by atoms with van der Waals surface area (Å²) in [6.45, 7) is 0.0175. The lowest BCUT2D eigenvalue weighted by Gasteiger charge is -1.86. The van der Waals surface area contributed by atoms with Crippen LogP contribution in [-0.4, -0.2) is 23.9 Å². The van der Waals surface area contributed by atoms with Gasteiger partial charge in [0.2, 0.25) is 0 Å². The summed E-state index contributed by atoms with van der Waals surface area (Å²) in [6, 6.07) is 0. The van der Waals surface area contributed by atoms with E-state index in [-0.39, 0.29) is 6.54 Å². The van der Waals surface area contributed by atoms with Crippen LogP contribution < -0.4 is 5.32 Å². The third-order valence-corrected chi connectivity index (χ3v) is 1.30. The zero-order valence-corrected chi connectivity index (χ0v) is 5.99. The molecule has 0 amide bonds. The van der Waals surface area contributed by atoms with Gasteiger partial charge in [0, 0.05) is 0 Å². The molecule has 0 bridgehead atoms. The third-order valence-electron chi connectivity index (χ3n) is 0.473. The largest absolute Gasteiger partial charge is 0.480 e. The molecule has 0 aromatic carbocycles. The minimum absolute atomic E-state index is 0.0175. The summed E-state index contributed by atoms with van der Waals surface area (Å²) in [5.41, 5.74) is 0. The zero-order chi connectivity index (χ0) is 6.41. The maximum Gasteiger partial charge on any atom is 0.317 e. The highest BCUT2D eigenvalue weighted by Gasteiger charge is 1.93. The van der Waals surface area contributed by atoms with Gasteiger partial charge in [-0.15, -0.1) is 0 Å². The molecule has 0 rings (SSSR count). The van der Waals surface area contributed by atoms with Crippen molar-refractivity contribution in [2.45, 2.75) is 0 Å². The van der Waals surface area contributed by atoms with E-state index in [1.165, 1.54) is 0 Å². The van der Waals surface area contributed by atoms with Gasteiger partial charge in [-0.05, 0) is 0 Å². The normalized spacial score (nSPS) is 9.50. The van der Waals surface area contributed by atoms with E-state index in [1.807, 2.05) is 0 Å². The molecule has 0 saturated carbocycles. The lowest BCUT2D eigenvalue weighted by atomic mass is 10.7. The van der Waals surface area contributed by atoms with Gasteiger partial charge < -0.3 is 5.11 Å². The maximum absolute atomic E-state index is 9.78. The Hall–Kier alpha value is -0.0500. The van der Waals surface area contributed by atoms with Crippen molar-refractivity contribution in [3.8, 4) is 0 Å². The van der Waals surface area contributed by atoms with Crippen molar-refractivity contribution in [1.82, 2.24) is 5.32 Å². The average Bonchev–Trinajstić information content (AvgIpc) is 1.66. The molecule has 8 heavy (non-hydrogen) atoms. The van der Waals surface area contributed by atoms with Gasteiger partial charge in [-0.2, -0.15) is 0 Å².